The van der Waals surface area contributed by atoms with Gasteiger partial charge >= 0.3 is 0 Å². The maximum Gasteiger partial charge on any atom is -0.0121 e. The zero-order valence-corrected chi connectivity index (χ0v) is 8.86. The van der Waals surface area contributed by atoms with Gasteiger partial charge in [-0.25, -0.2) is 0 Å². The quantitative estimate of drug-likeness (QED) is 0.617. The Bertz CT molecular complexity index is 76.2. The van der Waals surface area contributed by atoms with E-state index in [0.29, 0.717) is 0 Å². The molecule has 0 fully saturated rings. The van der Waals surface area contributed by atoms with Crippen LogP contribution in [0, 0.1) is 0 Å². The summed E-state index contributed by atoms with van der Waals surface area (Å²) in [6.07, 6.45) is 13.0. The Morgan fingerprint density at radius 2 is 0.889 bits per heavy atom. The van der Waals surface area contributed by atoms with E-state index >= 15 is 0 Å². The van der Waals surface area contributed by atoms with Gasteiger partial charge in [0.25, 0.3) is 0 Å². The van der Waals surface area contributed by atoms with Crippen molar-refractivity contribution in [2.75, 3.05) is 37.5 Å². The second kappa shape index (κ2) is 2.72. The van der Waals surface area contributed by atoms with Crippen LogP contribution in [0.5, 0.6) is 0 Å². The molecule has 0 aliphatic rings. The third-order valence-electron chi connectivity index (χ3n) is 0.408. The Balaban J connectivity index is 3.75. The van der Waals surface area contributed by atoms with Gasteiger partial charge in [-0.05, 0) is 37.5 Å². The highest BCUT2D eigenvalue weighted by molar-refractivity contribution is 8.40. The van der Waals surface area contributed by atoms with Crippen LogP contribution >= 0.6 is 20.6 Å². The van der Waals surface area contributed by atoms with Crippen molar-refractivity contribution in [3.05, 3.63) is 0 Å². The van der Waals surface area contributed by atoms with Gasteiger partial charge in [0.05, 0.1) is 0 Å². The first kappa shape index (κ1) is 9.66. The van der Waals surface area contributed by atoms with Crippen molar-refractivity contribution >= 4 is 20.6 Å². The summed E-state index contributed by atoms with van der Waals surface area (Å²) in [7, 11) is -1.49. The van der Waals surface area contributed by atoms with E-state index in [-0.39, 0.29) is 0 Å². The fourth-order valence-corrected chi connectivity index (χ4v) is 5.51. The van der Waals surface area contributed by atoms with Gasteiger partial charge in [0.2, 0.25) is 0 Å². The summed E-state index contributed by atoms with van der Waals surface area (Å²) in [5.74, 6) is 0. The average Bonchev–Trinajstić information content (AvgIpc) is 1.14. The van der Waals surface area contributed by atoms with Gasteiger partial charge < -0.3 is 0 Å². The molecule has 0 aromatic rings. The lowest BCUT2D eigenvalue weighted by molar-refractivity contribution is 0.716. The first-order valence-corrected chi connectivity index (χ1v) is 8.35. The Labute approximate surface area is 62.2 Å². The lowest BCUT2D eigenvalue weighted by atomic mass is 11.9. The van der Waals surface area contributed by atoms with Crippen LogP contribution in [0.1, 0.15) is 0 Å². The van der Waals surface area contributed by atoms with E-state index in [2.05, 4.69) is 37.5 Å². The summed E-state index contributed by atoms with van der Waals surface area (Å²) < 4.78 is 5.79. The van der Waals surface area contributed by atoms with Gasteiger partial charge in [-0.3, -0.25) is 3.63 Å². The second-order valence-corrected chi connectivity index (χ2v) is 11.0. The Morgan fingerprint density at radius 1 is 0.667 bits per heavy atom. The molecule has 1 nitrogen and oxygen atoms in total. The molecule has 0 N–H and O–H groups in total. The van der Waals surface area contributed by atoms with E-state index in [9.17, 15) is 0 Å². The zero-order valence-electron chi connectivity index (χ0n) is 7.22. The minimum atomic E-state index is -0.745. The SMILES string of the molecule is CS(C)(C)OS(C)(C)C. The predicted octanol–water partition coefficient (Wildman–Crippen LogP) is 2.22. The molecule has 0 saturated carbocycles. The highest BCUT2D eigenvalue weighted by Crippen LogP contribution is 2.53. The van der Waals surface area contributed by atoms with E-state index in [1.54, 1.807) is 0 Å². The van der Waals surface area contributed by atoms with Crippen LogP contribution in [0.25, 0.3) is 0 Å². The third-order valence-corrected chi connectivity index (χ3v) is 3.67. The first-order valence-electron chi connectivity index (χ1n) is 2.78. The Morgan fingerprint density at radius 3 is 0.889 bits per heavy atom. The first-order chi connectivity index (χ1) is 3.71. The summed E-state index contributed by atoms with van der Waals surface area (Å²) in [6, 6.07) is 0. The summed E-state index contributed by atoms with van der Waals surface area (Å²) in [5.41, 5.74) is 0. The zero-order chi connectivity index (χ0) is 7.71. The number of hydrogen-bond donors (Lipinski definition) is 0. The highest BCUT2D eigenvalue weighted by Gasteiger charge is 2.12. The molecule has 0 aliphatic heterocycles. The number of hydrogen-bond acceptors (Lipinski definition) is 1. The van der Waals surface area contributed by atoms with Crippen LogP contribution in [-0.2, 0) is 3.63 Å². The fourth-order valence-electron chi connectivity index (χ4n) is 0.612. The molecule has 0 amide bonds. The smallest absolute Gasteiger partial charge is 0.0121 e. The largest absolute Gasteiger partial charge is 0.292 e. The molecule has 0 bridgehead atoms. The van der Waals surface area contributed by atoms with Crippen molar-refractivity contribution in [3.8, 4) is 0 Å². The van der Waals surface area contributed by atoms with E-state index in [0.717, 1.165) is 0 Å². The van der Waals surface area contributed by atoms with Crippen molar-refractivity contribution in [1.82, 2.24) is 0 Å². The van der Waals surface area contributed by atoms with Crippen LogP contribution in [-0.4, -0.2) is 37.5 Å². The molecule has 0 aliphatic carbocycles. The molecule has 0 spiro atoms. The monoisotopic (exact) mass is 170 g/mol. The van der Waals surface area contributed by atoms with E-state index in [1.165, 1.54) is 0 Å². The highest BCUT2D eigenvalue weighted by atomic mass is 32.3. The van der Waals surface area contributed by atoms with Crippen LogP contribution in [0.3, 0.4) is 0 Å². The molecular formula is C6H18OS2. The minimum Gasteiger partial charge on any atom is -0.292 e. The summed E-state index contributed by atoms with van der Waals surface area (Å²) in [5, 5.41) is 0. The van der Waals surface area contributed by atoms with Crippen LogP contribution in [0.2, 0.25) is 0 Å². The molecule has 3 heteroatoms. The van der Waals surface area contributed by atoms with Gasteiger partial charge in [0.1, 0.15) is 0 Å². The van der Waals surface area contributed by atoms with Crippen molar-refractivity contribution in [2.45, 2.75) is 0 Å². The average molecular weight is 170 g/mol. The molecular weight excluding hydrogens is 152 g/mol. The van der Waals surface area contributed by atoms with Gasteiger partial charge in [0, 0.05) is 0 Å². The molecule has 0 aromatic carbocycles. The molecule has 0 radical (unpaired) electrons. The van der Waals surface area contributed by atoms with Crippen molar-refractivity contribution in [1.29, 1.82) is 0 Å². The van der Waals surface area contributed by atoms with Gasteiger partial charge in [-0.2, -0.15) is 0 Å². The normalized spacial score (nSPS) is 17.6. The summed E-state index contributed by atoms with van der Waals surface area (Å²) in [6.45, 7) is 0. The minimum absolute atomic E-state index is 0.745. The van der Waals surface area contributed by atoms with E-state index < -0.39 is 20.6 Å². The van der Waals surface area contributed by atoms with Crippen molar-refractivity contribution in [2.24, 2.45) is 0 Å². The van der Waals surface area contributed by atoms with Crippen LogP contribution in [0.15, 0.2) is 0 Å². The van der Waals surface area contributed by atoms with Crippen LogP contribution in [0.4, 0.5) is 0 Å². The maximum atomic E-state index is 5.79. The predicted molar refractivity (Wildman–Crippen MR) is 51.8 cm³/mol. The Hall–Kier alpha value is 0.660. The molecule has 0 rings (SSSR count). The molecule has 0 aromatic heterocycles. The Kier molecular flexibility index (Phi) is 2.92. The fraction of sp³-hybridized carbons (Fsp3) is 1.00. The van der Waals surface area contributed by atoms with Crippen molar-refractivity contribution in [3.63, 3.8) is 0 Å². The third kappa shape index (κ3) is 8.66. The standard InChI is InChI=1S/C6H18OS2/c1-8(2,3)7-9(4,5)6/h1-6H3. The van der Waals surface area contributed by atoms with Crippen molar-refractivity contribution < 1.29 is 3.63 Å². The molecule has 0 atom stereocenters. The lowest BCUT2D eigenvalue weighted by Crippen LogP contribution is -2.02. The van der Waals surface area contributed by atoms with Gasteiger partial charge in [0.15, 0.2) is 0 Å². The topological polar surface area (TPSA) is 9.23 Å². The second-order valence-electron chi connectivity index (χ2n) is 3.52. The lowest BCUT2D eigenvalue weighted by Gasteiger charge is -2.37. The number of rotatable bonds is 2. The van der Waals surface area contributed by atoms with Gasteiger partial charge in [-0.15, -0.1) is 20.6 Å². The maximum absolute atomic E-state index is 5.79. The molecule has 9 heavy (non-hydrogen) atoms. The molecule has 0 unspecified atom stereocenters. The molecule has 60 valence electrons. The summed E-state index contributed by atoms with van der Waals surface area (Å²) >= 11 is 0. The molecule has 0 heterocycles. The summed E-state index contributed by atoms with van der Waals surface area (Å²) in [4.78, 5) is 0. The van der Waals surface area contributed by atoms with E-state index in [4.69, 9.17) is 3.63 Å². The van der Waals surface area contributed by atoms with Gasteiger partial charge in [-0.1, -0.05) is 0 Å². The van der Waals surface area contributed by atoms with Crippen LogP contribution < -0.4 is 0 Å². The molecule has 0 saturated heterocycles. The van der Waals surface area contributed by atoms with E-state index in [1.807, 2.05) is 0 Å².